The van der Waals surface area contributed by atoms with E-state index in [-0.39, 0.29) is 6.04 Å². The smallest absolute Gasteiger partial charge is 0.178 e. The van der Waals surface area contributed by atoms with Crippen LogP contribution in [0.15, 0.2) is 30.5 Å². The number of aromatic nitrogens is 3. The van der Waals surface area contributed by atoms with E-state index >= 15 is 0 Å². The van der Waals surface area contributed by atoms with Gasteiger partial charge in [0.15, 0.2) is 4.77 Å². The standard InChI is InChI=1S/C13H13N3S2/c1-8-7-14-12(18-8)9(2)16-11-6-4-3-5-10(11)15-13(16)17/h3-7,9H,1-2H3,(H,15,17). The molecule has 0 spiro atoms. The van der Waals surface area contributed by atoms with Crippen LogP contribution in [-0.2, 0) is 0 Å². The largest absolute Gasteiger partial charge is 0.331 e. The summed E-state index contributed by atoms with van der Waals surface area (Å²) in [6.07, 6.45) is 1.91. The van der Waals surface area contributed by atoms with Crippen molar-refractivity contribution in [1.29, 1.82) is 0 Å². The summed E-state index contributed by atoms with van der Waals surface area (Å²) >= 11 is 7.14. The van der Waals surface area contributed by atoms with Gasteiger partial charge in [-0.2, -0.15) is 0 Å². The summed E-state index contributed by atoms with van der Waals surface area (Å²) in [5, 5.41) is 1.09. The molecule has 18 heavy (non-hydrogen) atoms. The van der Waals surface area contributed by atoms with Crippen LogP contribution in [0, 0.1) is 11.7 Å². The number of hydrogen-bond acceptors (Lipinski definition) is 3. The van der Waals surface area contributed by atoms with E-state index in [0.717, 1.165) is 20.8 Å². The molecule has 3 nitrogen and oxygen atoms in total. The summed E-state index contributed by atoms with van der Waals surface area (Å²) in [7, 11) is 0. The van der Waals surface area contributed by atoms with Crippen LogP contribution < -0.4 is 0 Å². The average molecular weight is 275 g/mol. The third-order valence-electron chi connectivity index (χ3n) is 3.01. The highest BCUT2D eigenvalue weighted by Gasteiger charge is 2.15. The van der Waals surface area contributed by atoms with E-state index in [1.807, 2.05) is 24.4 Å². The summed E-state index contributed by atoms with van der Waals surface area (Å²) in [6, 6.07) is 8.32. The second kappa shape index (κ2) is 4.33. The van der Waals surface area contributed by atoms with Crippen molar-refractivity contribution in [3.63, 3.8) is 0 Å². The third kappa shape index (κ3) is 1.79. The molecule has 0 bridgehead atoms. The molecule has 0 amide bonds. The molecule has 2 heterocycles. The topological polar surface area (TPSA) is 33.6 Å². The molecule has 0 aliphatic rings. The predicted molar refractivity (Wildman–Crippen MR) is 77.8 cm³/mol. The monoisotopic (exact) mass is 275 g/mol. The Morgan fingerprint density at radius 1 is 1.39 bits per heavy atom. The van der Waals surface area contributed by atoms with Gasteiger partial charge in [0.05, 0.1) is 17.1 Å². The van der Waals surface area contributed by atoms with Crippen LogP contribution >= 0.6 is 23.6 Å². The van der Waals surface area contributed by atoms with Crippen LogP contribution in [0.4, 0.5) is 0 Å². The number of aromatic amines is 1. The van der Waals surface area contributed by atoms with Gasteiger partial charge in [-0.25, -0.2) is 4.98 Å². The second-order valence-corrected chi connectivity index (χ2v) is 5.96. The summed E-state index contributed by atoms with van der Waals surface area (Å²) in [4.78, 5) is 8.92. The fourth-order valence-corrected chi connectivity index (χ4v) is 3.32. The van der Waals surface area contributed by atoms with E-state index in [2.05, 4.69) is 34.4 Å². The SMILES string of the molecule is Cc1cnc(C(C)n2c(=S)[nH]c3ccccc32)s1. The lowest BCUT2D eigenvalue weighted by Gasteiger charge is -2.11. The minimum Gasteiger partial charge on any atom is -0.331 e. The average Bonchev–Trinajstić information content (AvgIpc) is 2.91. The maximum absolute atomic E-state index is 5.42. The van der Waals surface area contributed by atoms with Gasteiger partial charge in [0, 0.05) is 11.1 Å². The Bertz CT molecular complexity index is 751. The van der Waals surface area contributed by atoms with Crippen LogP contribution in [0.5, 0.6) is 0 Å². The Hall–Kier alpha value is -1.46. The van der Waals surface area contributed by atoms with Crippen LogP contribution in [0.25, 0.3) is 11.0 Å². The first-order valence-corrected chi connectivity index (χ1v) is 7.01. The molecule has 0 aliphatic carbocycles. The van der Waals surface area contributed by atoms with Crippen molar-refractivity contribution in [3.05, 3.63) is 45.1 Å². The maximum atomic E-state index is 5.42. The zero-order valence-electron chi connectivity index (χ0n) is 10.2. The molecule has 0 saturated carbocycles. The highest BCUT2D eigenvalue weighted by molar-refractivity contribution is 7.71. The van der Waals surface area contributed by atoms with E-state index in [4.69, 9.17) is 12.2 Å². The zero-order valence-corrected chi connectivity index (χ0v) is 11.8. The van der Waals surface area contributed by atoms with Gasteiger partial charge in [0.25, 0.3) is 0 Å². The number of nitrogens with zero attached hydrogens (tertiary/aromatic N) is 2. The Balaban J connectivity index is 2.19. The molecule has 1 atom stereocenters. The molecule has 0 fully saturated rings. The zero-order chi connectivity index (χ0) is 12.7. The summed E-state index contributed by atoms with van der Waals surface area (Å²) < 4.78 is 2.87. The lowest BCUT2D eigenvalue weighted by molar-refractivity contribution is 0.644. The van der Waals surface area contributed by atoms with Gasteiger partial charge in [-0.3, -0.25) is 0 Å². The first-order valence-electron chi connectivity index (χ1n) is 5.78. The van der Waals surface area contributed by atoms with Crippen molar-refractivity contribution in [2.45, 2.75) is 19.9 Å². The molecule has 0 aliphatic heterocycles. The molecule has 3 aromatic rings. The van der Waals surface area contributed by atoms with Crippen molar-refractivity contribution in [1.82, 2.24) is 14.5 Å². The van der Waals surface area contributed by atoms with Crippen LogP contribution in [0.2, 0.25) is 0 Å². The minimum absolute atomic E-state index is 0.160. The van der Waals surface area contributed by atoms with Gasteiger partial charge in [0.2, 0.25) is 0 Å². The fraction of sp³-hybridized carbons (Fsp3) is 0.231. The Kier molecular flexibility index (Phi) is 2.80. The molecule has 92 valence electrons. The number of thiazole rings is 1. The Labute approximate surface area is 114 Å². The highest BCUT2D eigenvalue weighted by atomic mass is 32.1. The lowest BCUT2D eigenvalue weighted by atomic mass is 10.3. The van der Waals surface area contributed by atoms with Crippen LogP contribution in [0.3, 0.4) is 0 Å². The number of benzene rings is 1. The fourth-order valence-electron chi connectivity index (χ4n) is 2.13. The van der Waals surface area contributed by atoms with Crippen molar-refractivity contribution < 1.29 is 0 Å². The molecular weight excluding hydrogens is 262 g/mol. The molecule has 1 N–H and O–H groups in total. The number of para-hydroxylation sites is 2. The Morgan fingerprint density at radius 3 is 2.89 bits per heavy atom. The minimum atomic E-state index is 0.160. The number of nitrogens with one attached hydrogen (secondary N) is 1. The van der Waals surface area contributed by atoms with Gasteiger partial charge < -0.3 is 9.55 Å². The first kappa shape index (κ1) is 11.6. The maximum Gasteiger partial charge on any atom is 0.178 e. The molecule has 0 saturated heterocycles. The summed E-state index contributed by atoms with van der Waals surface area (Å²) in [5.41, 5.74) is 2.20. The molecule has 5 heteroatoms. The number of fused-ring (bicyclic) bond motifs is 1. The van der Waals surface area contributed by atoms with Crippen LogP contribution in [-0.4, -0.2) is 14.5 Å². The second-order valence-electron chi connectivity index (χ2n) is 4.30. The van der Waals surface area contributed by atoms with E-state index in [0.29, 0.717) is 0 Å². The highest BCUT2D eigenvalue weighted by Crippen LogP contribution is 2.26. The molecule has 1 unspecified atom stereocenters. The molecule has 1 aromatic carbocycles. The molecular formula is C13H13N3S2. The van der Waals surface area contributed by atoms with Crippen molar-refractivity contribution in [2.24, 2.45) is 0 Å². The number of rotatable bonds is 2. The van der Waals surface area contributed by atoms with Crippen molar-refractivity contribution >= 4 is 34.6 Å². The third-order valence-corrected chi connectivity index (χ3v) is 4.39. The lowest BCUT2D eigenvalue weighted by Crippen LogP contribution is -2.06. The molecule has 0 radical (unpaired) electrons. The number of hydrogen-bond donors (Lipinski definition) is 1. The number of imidazole rings is 1. The van der Waals surface area contributed by atoms with E-state index in [1.54, 1.807) is 11.3 Å². The van der Waals surface area contributed by atoms with Gasteiger partial charge in [-0.15, -0.1) is 11.3 Å². The Morgan fingerprint density at radius 2 is 2.17 bits per heavy atom. The quantitative estimate of drug-likeness (QED) is 0.715. The molecule has 2 aromatic heterocycles. The summed E-state index contributed by atoms with van der Waals surface area (Å²) in [6.45, 7) is 4.21. The van der Waals surface area contributed by atoms with Gasteiger partial charge in [-0.05, 0) is 38.2 Å². The summed E-state index contributed by atoms with van der Waals surface area (Å²) in [5.74, 6) is 0. The van der Waals surface area contributed by atoms with E-state index < -0.39 is 0 Å². The van der Waals surface area contributed by atoms with Crippen molar-refractivity contribution in [2.75, 3.05) is 0 Å². The van der Waals surface area contributed by atoms with E-state index in [1.165, 1.54) is 4.88 Å². The van der Waals surface area contributed by atoms with Crippen molar-refractivity contribution in [3.8, 4) is 0 Å². The normalized spacial score (nSPS) is 13.0. The molecule has 3 rings (SSSR count). The van der Waals surface area contributed by atoms with Gasteiger partial charge >= 0.3 is 0 Å². The van der Waals surface area contributed by atoms with Crippen LogP contribution in [0.1, 0.15) is 22.9 Å². The van der Waals surface area contributed by atoms with Gasteiger partial charge in [-0.1, -0.05) is 12.1 Å². The van der Waals surface area contributed by atoms with Gasteiger partial charge in [0.1, 0.15) is 5.01 Å². The number of aryl methyl sites for hydroxylation is 1. The predicted octanol–water partition coefficient (Wildman–Crippen LogP) is 4.07. The first-order chi connectivity index (χ1) is 8.66. The van der Waals surface area contributed by atoms with E-state index in [9.17, 15) is 0 Å². The number of H-pyrrole nitrogens is 1.